The molecule has 2 aliphatic heterocycles. The largest absolute Gasteiger partial charge is 0.316 e. The highest BCUT2D eigenvalue weighted by Crippen LogP contribution is 2.20. The second-order valence-electron chi connectivity index (χ2n) is 3.46. The predicted molar refractivity (Wildman–Crippen MR) is 42.0 cm³/mol. The summed E-state index contributed by atoms with van der Waals surface area (Å²) in [5.41, 5.74) is 0. The lowest BCUT2D eigenvalue weighted by Gasteiger charge is -2.36. The molecule has 0 aromatic heterocycles. The minimum Gasteiger partial charge on any atom is -0.316 e. The number of hydrogen-bond acceptors (Lipinski definition) is 2. The van der Waals surface area contributed by atoms with E-state index in [4.69, 9.17) is 0 Å². The van der Waals surface area contributed by atoms with Crippen LogP contribution in [0.5, 0.6) is 0 Å². The number of hydrogen-bond donors (Lipinski definition) is 2. The maximum Gasteiger partial charge on any atom is 0.0119 e. The van der Waals surface area contributed by atoms with E-state index in [1.54, 1.807) is 0 Å². The Kier molecular flexibility index (Phi) is 1.91. The van der Waals surface area contributed by atoms with Crippen molar-refractivity contribution in [3.8, 4) is 0 Å². The van der Waals surface area contributed by atoms with E-state index in [2.05, 4.69) is 10.6 Å². The van der Waals surface area contributed by atoms with Crippen LogP contribution in [0.2, 0.25) is 0 Å². The van der Waals surface area contributed by atoms with Gasteiger partial charge in [-0.2, -0.15) is 0 Å². The molecule has 0 saturated carbocycles. The SMILES string of the molecule is C1CN[C@H]2CCNC[C@@H]2C1. The molecule has 2 atom stereocenters. The summed E-state index contributed by atoms with van der Waals surface area (Å²) in [7, 11) is 0. The summed E-state index contributed by atoms with van der Waals surface area (Å²) in [5.74, 6) is 0.933. The lowest BCUT2D eigenvalue weighted by atomic mass is 9.86. The fraction of sp³-hybridized carbons (Fsp3) is 1.00. The average molecular weight is 140 g/mol. The highest BCUT2D eigenvalue weighted by molar-refractivity contribution is 4.86. The summed E-state index contributed by atoms with van der Waals surface area (Å²) in [4.78, 5) is 0. The van der Waals surface area contributed by atoms with Crippen molar-refractivity contribution in [3.63, 3.8) is 0 Å². The highest BCUT2D eigenvalue weighted by Gasteiger charge is 2.26. The molecule has 2 heteroatoms. The third kappa shape index (κ3) is 1.18. The zero-order valence-electron chi connectivity index (χ0n) is 6.40. The molecule has 2 nitrogen and oxygen atoms in total. The fourth-order valence-corrected chi connectivity index (χ4v) is 2.15. The Bertz CT molecular complexity index is 87.8. The minimum absolute atomic E-state index is 0.843. The zero-order valence-corrected chi connectivity index (χ0v) is 6.40. The summed E-state index contributed by atoms with van der Waals surface area (Å²) in [5, 5.41) is 7.02. The molecule has 0 aromatic rings. The standard InChI is InChI=1S/C8H16N2/c1-2-7-6-9-5-3-8(7)10-4-1/h7-10H,1-6H2/t7-,8-/m0/s1. The van der Waals surface area contributed by atoms with Crippen LogP contribution in [0.4, 0.5) is 0 Å². The van der Waals surface area contributed by atoms with E-state index in [9.17, 15) is 0 Å². The van der Waals surface area contributed by atoms with Crippen molar-refractivity contribution in [2.75, 3.05) is 19.6 Å². The van der Waals surface area contributed by atoms with Gasteiger partial charge in [-0.15, -0.1) is 0 Å². The van der Waals surface area contributed by atoms with E-state index in [0.717, 1.165) is 12.0 Å². The molecule has 10 heavy (non-hydrogen) atoms. The summed E-state index contributed by atoms with van der Waals surface area (Å²) >= 11 is 0. The van der Waals surface area contributed by atoms with Gasteiger partial charge in [0.05, 0.1) is 0 Å². The van der Waals surface area contributed by atoms with Crippen molar-refractivity contribution in [3.05, 3.63) is 0 Å². The van der Waals surface area contributed by atoms with E-state index in [1.807, 2.05) is 0 Å². The van der Waals surface area contributed by atoms with E-state index in [1.165, 1.54) is 38.9 Å². The zero-order chi connectivity index (χ0) is 6.81. The van der Waals surface area contributed by atoms with Crippen molar-refractivity contribution in [2.45, 2.75) is 25.3 Å². The van der Waals surface area contributed by atoms with E-state index >= 15 is 0 Å². The molecule has 2 saturated heterocycles. The van der Waals surface area contributed by atoms with Gasteiger partial charge >= 0.3 is 0 Å². The Morgan fingerprint density at radius 3 is 3.00 bits per heavy atom. The van der Waals surface area contributed by atoms with Gasteiger partial charge in [-0.1, -0.05) is 0 Å². The van der Waals surface area contributed by atoms with Gasteiger partial charge < -0.3 is 10.6 Å². The lowest BCUT2D eigenvalue weighted by Crippen LogP contribution is -2.50. The van der Waals surface area contributed by atoms with Gasteiger partial charge in [0.25, 0.3) is 0 Å². The second-order valence-corrected chi connectivity index (χ2v) is 3.46. The summed E-state index contributed by atoms with van der Waals surface area (Å²) in [6.45, 7) is 3.72. The molecule has 58 valence electrons. The highest BCUT2D eigenvalue weighted by atomic mass is 15.0. The van der Waals surface area contributed by atoms with Crippen molar-refractivity contribution in [2.24, 2.45) is 5.92 Å². The fourth-order valence-electron chi connectivity index (χ4n) is 2.15. The van der Waals surface area contributed by atoms with Crippen LogP contribution >= 0.6 is 0 Å². The molecular weight excluding hydrogens is 124 g/mol. The molecule has 2 rings (SSSR count). The maximum atomic E-state index is 3.58. The summed E-state index contributed by atoms with van der Waals surface area (Å²) in [6.07, 6.45) is 4.15. The third-order valence-electron chi connectivity index (χ3n) is 2.77. The number of piperidine rings is 2. The van der Waals surface area contributed by atoms with Crippen LogP contribution in [0.25, 0.3) is 0 Å². The van der Waals surface area contributed by atoms with Crippen LogP contribution in [-0.4, -0.2) is 25.7 Å². The quantitative estimate of drug-likeness (QED) is 0.507. The van der Waals surface area contributed by atoms with E-state index in [-0.39, 0.29) is 0 Å². The van der Waals surface area contributed by atoms with Crippen molar-refractivity contribution in [1.29, 1.82) is 0 Å². The van der Waals surface area contributed by atoms with E-state index < -0.39 is 0 Å². The number of rotatable bonds is 0. The normalized spacial score (nSPS) is 40.8. The van der Waals surface area contributed by atoms with Crippen molar-refractivity contribution >= 4 is 0 Å². The molecule has 0 amide bonds. The molecule has 0 spiro atoms. The third-order valence-corrected chi connectivity index (χ3v) is 2.77. The Morgan fingerprint density at radius 2 is 2.10 bits per heavy atom. The van der Waals surface area contributed by atoms with E-state index in [0.29, 0.717) is 0 Å². The van der Waals surface area contributed by atoms with Gasteiger partial charge in [-0.05, 0) is 44.8 Å². The first-order chi connectivity index (χ1) is 4.97. The number of nitrogens with one attached hydrogen (secondary N) is 2. The monoisotopic (exact) mass is 140 g/mol. The molecule has 2 aliphatic rings. The first kappa shape index (κ1) is 6.62. The Balaban J connectivity index is 1.93. The molecular formula is C8H16N2. The Morgan fingerprint density at radius 1 is 1.10 bits per heavy atom. The minimum atomic E-state index is 0.843. The maximum absolute atomic E-state index is 3.58. The van der Waals surface area contributed by atoms with Crippen LogP contribution in [0.15, 0.2) is 0 Å². The smallest absolute Gasteiger partial charge is 0.0119 e. The Hall–Kier alpha value is -0.0800. The van der Waals surface area contributed by atoms with Gasteiger partial charge in [0.1, 0.15) is 0 Å². The summed E-state index contributed by atoms with van der Waals surface area (Å²) < 4.78 is 0. The first-order valence-corrected chi connectivity index (χ1v) is 4.41. The molecule has 2 fully saturated rings. The van der Waals surface area contributed by atoms with Gasteiger partial charge in [0.15, 0.2) is 0 Å². The van der Waals surface area contributed by atoms with Gasteiger partial charge in [0.2, 0.25) is 0 Å². The molecule has 2 N–H and O–H groups in total. The van der Waals surface area contributed by atoms with Crippen LogP contribution in [0, 0.1) is 5.92 Å². The molecule has 0 bridgehead atoms. The van der Waals surface area contributed by atoms with Gasteiger partial charge in [-0.25, -0.2) is 0 Å². The molecule has 0 unspecified atom stereocenters. The molecule has 2 heterocycles. The number of fused-ring (bicyclic) bond motifs is 1. The summed E-state index contributed by atoms with van der Waals surface area (Å²) in [6, 6.07) is 0.843. The van der Waals surface area contributed by atoms with Crippen molar-refractivity contribution in [1.82, 2.24) is 10.6 Å². The first-order valence-electron chi connectivity index (χ1n) is 4.41. The molecule has 0 aromatic carbocycles. The van der Waals surface area contributed by atoms with Crippen LogP contribution in [0.3, 0.4) is 0 Å². The van der Waals surface area contributed by atoms with Crippen LogP contribution in [0.1, 0.15) is 19.3 Å². The molecule has 0 radical (unpaired) electrons. The average Bonchev–Trinajstić information content (AvgIpc) is 2.05. The van der Waals surface area contributed by atoms with Crippen molar-refractivity contribution < 1.29 is 0 Å². The Labute approximate surface area is 62.4 Å². The predicted octanol–water partition coefficient (Wildman–Crippen LogP) is 0.348. The lowest BCUT2D eigenvalue weighted by molar-refractivity contribution is 0.226. The van der Waals surface area contributed by atoms with Crippen LogP contribution < -0.4 is 10.6 Å². The van der Waals surface area contributed by atoms with Gasteiger partial charge in [-0.3, -0.25) is 0 Å². The molecule has 0 aliphatic carbocycles. The second kappa shape index (κ2) is 2.89. The van der Waals surface area contributed by atoms with Crippen LogP contribution in [-0.2, 0) is 0 Å². The topological polar surface area (TPSA) is 24.1 Å². The van der Waals surface area contributed by atoms with Gasteiger partial charge in [0, 0.05) is 6.04 Å².